The molecule has 136 valence electrons. The molecule has 0 spiro atoms. The summed E-state index contributed by atoms with van der Waals surface area (Å²) in [6, 6.07) is 0. The summed E-state index contributed by atoms with van der Waals surface area (Å²) in [5, 5.41) is -0.863. The van der Waals surface area contributed by atoms with Crippen molar-refractivity contribution in [3.05, 3.63) is 0 Å². The Morgan fingerprint density at radius 1 is 0.792 bits per heavy atom. The summed E-state index contributed by atoms with van der Waals surface area (Å²) in [5.41, 5.74) is 0. The summed E-state index contributed by atoms with van der Waals surface area (Å²) in [7, 11) is 0. The van der Waals surface area contributed by atoms with Crippen LogP contribution in [0.4, 0.5) is 0 Å². The zero-order chi connectivity index (χ0) is 18.4. The van der Waals surface area contributed by atoms with Crippen molar-refractivity contribution in [1.29, 1.82) is 0 Å². The van der Waals surface area contributed by atoms with Crippen LogP contribution < -0.4 is 0 Å². The lowest BCUT2D eigenvalue weighted by Crippen LogP contribution is -2.60. The molecule has 0 N–H and O–H groups in total. The summed E-state index contributed by atoms with van der Waals surface area (Å²) in [4.78, 5) is 45.1. The highest BCUT2D eigenvalue weighted by molar-refractivity contribution is 9.09. The molecule has 0 radical (unpaired) electrons. The molecular formula is C14H19BrO9. The Labute approximate surface area is 147 Å². The molecule has 1 heterocycles. The lowest BCUT2D eigenvalue weighted by Gasteiger charge is -2.42. The molecule has 1 unspecified atom stereocenters. The van der Waals surface area contributed by atoms with Gasteiger partial charge in [0, 0.05) is 27.7 Å². The molecule has 5 atom stereocenters. The first kappa shape index (κ1) is 20.4. The van der Waals surface area contributed by atoms with Crippen molar-refractivity contribution in [2.45, 2.75) is 57.1 Å². The van der Waals surface area contributed by atoms with Crippen LogP contribution in [-0.2, 0) is 42.9 Å². The maximum absolute atomic E-state index is 11.4. The second-order valence-electron chi connectivity index (χ2n) is 5.05. The largest absolute Gasteiger partial charge is 0.463 e. The Bertz CT molecular complexity index is 506. The highest BCUT2D eigenvalue weighted by Gasteiger charge is 2.51. The van der Waals surface area contributed by atoms with Gasteiger partial charge >= 0.3 is 23.9 Å². The van der Waals surface area contributed by atoms with E-state index in [2.05, 4.69) is 15.9 Å². The van der Waals surface area contributed by atoms with E-state index < -0.39 is 53.3 Å². The van der Waals surface area contributed by atoms with Gasteiger partial charge in [-0.05, 0) is 0 Å². The van der Waals surface area contributed by atoms with E-state index in [9.17, 15) is 19.2 Å². The molecule has 0 amide bonds. The van der Waals surface area contributed by atoms with Crippen LogP contribution in [0.1, 0.15) is 27.7 Å². The number of halogens is 1. The third kappa shape index (κ3) is 6.08. The Hall–Kier alpha value is -1.68. The van der Waals surface area contributed by atoms with Crippen molar-refractivity contribution in [1.82, 2.24) is 0 Å². The van der Waals surface area contributed by atoms with Crippen LogP contribution in [0.15, 0.2) is 0 Å². The minimum absolute atomic E-state index is 0.236. The smallest absolute Gasteiger partial charge is 0.303 e. The van der Waals surface area contributed by atoms with E-state index in [1.54, 1.807) is 0 Å². The minimum atomic E-state index is -1.13. The van der Waals surface area contributed by atoms with E-state index in [4.69, 9.17) is 23.7 Å². The van der Waals surface area contributed by atoms with Gasteiger partial charge in [0.05, 0.1) is 0 Å². The average molecular weight is 411 g/mol. The fourth-order valence-corrected chi connectivity index (χ4v) is 2.86. The molecule has 10 heteroatoms. The van der Waals surface area contributed by atoms with E-state index in [1.807, 2.05) is 0 Å². The van der Waals surface area contributed by atoms with E-state index in [0.717, 1.165) is 13.8 Å². The number of alkyl halides is 1. The molecule has 24 heavy (non-hydrogen) atoms. The van der Waals surface area contributed by atoms with Crippen molar-refractivity contribution in [2.24, 2.45) is 0 Å². The first-order chi connectivity index (χ1) is 11.1. The summed E-state index contributed by atoms with van der Waals surface area (Å²) < 4.78 is 25.9. The van der Waals surface area contributed by atoms with E-state index in [1.165, 1.54) is 13.8 Å². The van der Waals surface area contributed by atoms with Gasteiger partial charge in [-0.2, -0.15) is 0 Å². The van der Waals surface area contributed by atoms with Gasteiger partial charge in [-0.1, -0.05) is 15.9 Å². The summed E-state index contributed by atoms with van der Waals surface area (Å²) in [6.07, 6.45) is -4.22. The molecule has 0 bridgehead atoms. The quantitative estimate of drug-likeness (QED) is 0.362. The maximum atomic E-state index is 11.4. The number of hydrogen-bond donors (Lipinski definition) is 0. The molecule has 0 saturated carbocycles. The third-order valence-corrected chi connectivity index (χ3v) is 3.67. The number of esters is 4. The van der Waals surface area contributed by atoms with E-state index >= 15 is 0 Å². The van der Waals surface area contributed by atoms with Crippen LogP contribution in [0.5, 0.6) is 0 Å². The van der Waals surface area contributed by atoms with E-state index in [0.29, 0.717) is 0 Å². The van der Waals surface area contributed by atoms with Gasteiger partial charge in [-0.25, -0.2) is 0 Å². The van der Waals surface area contributed by atoms with Crippen LogP contribution in [0.25, 0.3) is 0 Å². The average Bonchev–Trinajstić information content (AvgIpc) is 2.42. The van der Waals surface area contributed by atoms with Crippen molar-refractivity contribution in [2.75, 3.05) is 6.61 Å². The standard InChI is InChI=1S/C14H19BrO9/c1-6(16)20-5-10-11(21-7(2)17)12(22-8(3)18)13(14(15)24-10)23-9(4)19/h10-14H,5H2,1-4H3/t10-,11-,12+,13+,14?/m0/s1. The molecule has 1 saturated heterocycles. The van der Waals surface area contributed by atoms with Gasteiger partial charge < -0.3 is 23.7 Å². The van der Waals surface area contributed by atoms with Crippen molar-refractivity contribution in [3.63, 3.8) is 0 Å². The summed E-state index contributed by atoms with van der Waals surface area (Å²) in [6.45, 7) is 4.47. The lowest BCUT2D eigenvalue weighted by atomic mass is 9.99. The van der Waals surface area contributed by atoms with Gasteiger partial charge in [0.1, 0.15) is 12.7 Å². The molecule has 0 aromatic carbocycles. The van der Waals surface area contributed by atoms with Crippen molar-refractivity contribution >= 4 is 39.8 Å². The zero-order valence-corrected chi connectivity index (χ0v) is 15.2. The SMILES string of the molecule is CC(=O)OC[C@@H]1OC(Br)[C@H](OC(C)=O)[C@H](OC(C)=O)[C@H]1OC(C)=O. The Morgan fingerprint density at radius 2 is 1.25 bits per heavy atom. The summed E-state index contributed by atoms with van der Waals surface area (Å²) >= 11 is 3.18. The Kier molecular flexibility index (Phi) is 7.61. The van der Waals surface area contributed by atoms with Gasteiger partial charge in [0.15, 0.2) is 23.3 Å². The maximum Gasteiger partial charge on any atom is 0.303 e. The van der Waals surface area contributed by atoms with Crippen LogP contribution in [0.3, 0.4) is 0 Å². The third-order valence-electron chi connectivity index (χ3n) is 2.93. The highest BCUT2D eigenvalue weighted by Crippen LogP contribution is 2.31. The van der Waals surface area contributed by atoms with Gasteiger partial charge in [-0.15, -0.1) is 0 Å². The van der Waals surface area contributed by atoms with Crippen LogP contribution in [0.2, 0.25) is 0 Å². The molecule has 1 fully saturated rings. The normalized spacial score (nSPS) is 29.3. The lowest BCUT2D eigenvalue weighted by molar-refractivity contribution is -0.236. The van der Waals surface area contributed by atoms with Gasteiger partial charge in [-0.3, -0.25) is 19.2 Å². The molecule has 0 aliphatic carbocycles. The van der Waals surface area contributed by atoms with Gasteiger partial charge in [0.2, 0.25) is 0 Å². The monoisotopic (exact) mass is 410 g/mol. The van der Waals surface area contributed by atoms with Crippen LogP contribution >= 0.6 is 15.9 Å². The second-order valence-corrected chi connectivity index (χ2v) is 5.95. The van der Waals surface area contributed by atoms with Crippen LogP contribution in [0, 0.1) is 0 Å². The first-order valence-electron chi connectivity index (χ1n) is 7.06. The molecule has 1 rings (SSSR count). The van der Waals surface area contributed by atoms with Gasteiger partial charge in [0.25, 0.3) is 0 Å². The molecule has 1 aliphatic rings. The second kappa shape index (κ2) is 8.97. The fraction of sp³-hybridized carbons (Fsp3) is 0.714. The number of hydrogen-bond acceptors (Lipinski definition) is 9. The number of ether oxygens (including phenoxy) is 5. The van der Waals surface area contributed by atoms with Crippen molar-refractivity contribution in [3.8, 4) is 0 Å². The van der Waals surface area contributed by atoms with Crippen molar-refractivity contribution < 1.29 is 42.9 Å². The topological polar surface area (TPSA) is 114 Å². The number of carbonyl (C=O) groups excluding carboxylic acids is 4. The zero-order valence-electron chi connectivity index (χ0n) is 13.6. The number of rotatable bonds is 5. The predicted octanol–water partition coefficient (Wildman–Crippen LogP) is 0.464. The van der Waals surface area contributed by atoms with E-state index in [-0.39, 0.29) is 6.61 Å². The number of carbonyl (C=O) groups is 4. The molecular weight excluding hydrogens is 392 g/mol. The predicted molar refractivity (Wildman–Crippen MR) is 80.9 cm³/mol. The fourth-order valence-electron chi connectivity index (χ4n) is 2.18. The Balaban J connectivity index is 3.11. The first-order valence-corrected chi connectivity index (χ1v) is 7.98. The molecule has 0 aromatic rings. The molecule has 9 nitrogen and oxygen atoms in total. The Morgan fingerprint density at radius 3 is 1.71 bits per heavy atom. The molecule has 1 aliphatic heterocycles. The summed E-state index contributed by atoms with van der Waals surface area (Å²) in [5.74, 6) is -2.52. The highest BCUT2D eigenvalue weighted by atomic mass is 79.9. The van der Waals surface area contributed by atoms with Crippen LogP contribution in [-0.4, -0.2) is 59.9 Å². The minimum Gasteiger partial charge on any atom is -0.463 e. The molecule has 0 aromatic heterocycles.